The van der Waals surface area contributed by atoms with Crippen LogP contribution in [0.2, 0.25) is 5.15 Å². The van der Waals surface area contributed by atoms with Crippen LogP contribution in [-0.2, 0) is 9.53 Å². The summed E-state index contributed by atoms with van der Waals surface area (Å²) in [6.07, 6.45) is -1.30. The maximum absolute atomic E-state index is 10.9. The summed E-state index contributed by atoms with van der Waals surface area (Å²) in [4.78, 5) is 14.6. The zero-order chi connectivity index (χ0) is 12.1. The topological polar surface area (TPSA) is 79.7 Å². The van der Waals surface area contributed by atoms with Gasteiger partial charge >= 0.3 is 5.97 Å². The minimum atomic E-state index is -1.23. The molecule has 0 fully saturated rings. The summed E-state index contributed by atoms with van der Waals surface area (Å²) in [5.74, 6) is -0.591. The molecular weight excluding hydrogens is 234 g/mol. The van der Waals surface area contributed by atoms with E-state index in [2.05, 4.69) is 9.72 Å². The molecule has 1 aromatic heterocycles. The highest BCUT2D eigenvalue weighted by Gasteiger charge is 2.21. The minimum Gasteiger partial charge on any atom is -0.469 e. The first-order valence-corrected chi connectivity index (χ1v) is 4.96. The van der Waals surface area contributed by atoms with E-state index in [1.807, 2.05) is 0 Å². The Morgan fingerprint density at radius 1 is 1.62 bits per heavy atom. The molecule has 0 aliphatic heterocycles. The Morgan fingerprint density at radius 3 is 2.88 bits per heavy atom. The molecule has 0 spiro atoms. The second kappa shape index (κ2) is 5.79. The van der Waals surface area contributed by atoms with Crippen LogP contribution < -0.4 is 0 Å². The van der Waals surface area contributed by atoms with E-state index in [1.54, 1.807) is 0 Å². The normalized spacial score (nSPS) is 14.2. The number of carbonyl (C=O) groups is 1. The van der Waals surface area contributed by atoms with Crippen LogP contribution in [0, 0.1) is 0 Å². The van der Waals surface area contributed by atoms with Crippen molar-refractivity contribution in [3.63, 3.8) is 0 Å². The van der Waals surface area contributed by atoms with Gasteiger partial charge in [0.2, 0.25) is 0 Å². The van der Waals surface area contributed by atoms with Gasteiger partial charge in [0.05, 0.1) is 19.6 Å². The van der Waals surface area contributed by atoms with Gasteiger partial charge in [0.25, 0.3) is 0 Å². The third kappa shape index (κ3) is 3.44. The number of hydrogen-bond acceptors (Lipinski definition) is 5. The Morgan fingerprint density at radius 2 is 2.31 bits per heavy atom. The zero-order valence-corrected chi connectivity index (χ0v) is 9.39. The van der Waals surface area contributed by atoms with E-state index < -0.39 is 18.2 Å². The lowest BCUT2D eigenvalue weighted by Gasteiger charge is -2.16. The number of aliphatic hydroxyl groups excluding tert-OH is 2. The maximum atomic E-state index is 10.9. The van der Waals surface area contributed by atoms with Crippen molar-refractivity contribution in [3.05, 3.63) is 29.0 Å². The van der Waals surface area contributed by atoms with Crippen molar-refractivity contribution in [2.45, 2.75) is 18.6 Å². The lowest BCUT2D eigenvalue weighted by Crippen LogP contribution is -2.22. The van der Waals surface area contributed by atoms with Crippen molar-refractivity contribution >= 4 is 17.6 Å². The van der Waals surface area contributed by atoms with Gasteiger partial charge in [0.1, 0.15) is 11.3 Å². The van der Waals surface area contributed by atoms with E-state index in [0.29, 0.717) is 5.56 Å². The average molecular weight is 246 g/mol. The summed E-state index contributed by atoms with van der Waals surface area (Å²) in [7, 11) is 1.21. The molecule has 0 radical (unpaired) electrons. The van der Waals surface area contributed by atoms with E-state index in [1.165, 1.54) is 25.4 Å². The summed E-state index contributed by atoms with van der Waals surface area (Å²) in [5, 5.41) is 19.5. The first-order chi connectivity index (χ1) is 7.54. The number of aromatic nitrogens is 1. The predicted octanol–water partition coefficient (Wildman–Crippen LogP) is 0.692. The lowest BCUT2D eigenvalue weighted by atomic mass is 10.0. The van der Waals surface area contributed by atoms with Crippen LogP contribution in [0.3, 0.4) is 0 Å². The van der Waals surface area contributed by atoms with Crippen LogP contribution in [0.15, 0.2) is 18.3 Å². The number of esters is 1. The molecule has 0 bridgehead atoms. The molecule has 1 aromatic rings. The standard InChI is InChI=1S/C10H12ClNO4/c1-16-9(14)5-7(13)10(15)6-2-3-12-8(11)4-6/h2-4,7,10,13,15H,5H2,1H3. The monoisotopic (exact) mass is 245 g/mol. The minimum absolute atomic E-state index is 0.210. The van der Waals surface area contributed by atoms with Gasteiger partial charge < -0.3 is 14.9 Å². The first-order valence-electron chi connectivity index (χ1n) is 4.59. The molecule has 1 rings (SSSR count). The van der Waals surface area contributed by atoms with Gasteiger partial charge in [0.15, 0.2) is 0 Å². The Balaban J connectivity index is 2.70. The fourth-order valence-corrected chi connectivity index (χ4v) is 1.37. The second-order valence-corrected chi connectivity index (χ2v) is 3.59. The van der Waals surface area contributed by atoms with Gasteiger partial charge in [-0.05, 0) is 17.7 Å². The Labute approximate surface area is 97.6 Å². The smallest absolute Gasteiger partial charge is 0.308 e. The van der Waals surface area contributed by atoms with Crippen LogP contribution >= 0.6 is 11.6 Å². The Bertz CT molecular complexity index is 372. The molecular formula is C10H12ClNO4. The Hall–Kier alpha value is -1.17. The van der Waals surface area contributed by atoms with Gasteiger partial charge in [-0.15, -0.1) is 0 Å². The average Bonchev–Trinajstić information content (AvgIpc) is 2.27. The van der Waals surface area contributed by atoms with Crippen molar-refractivity contribution < 1.29 is 19.7 Å². The quantitative estimate of drug-likeness (QED) is 0.603. The fraction of sp³-hybridized carbons (Fsp3) is 0.400. The molecule has 0 saturated carbocycles. The molecule has 5 nitrogen and oxygen atoms in total. The summed E-state index contributed by atoms with van der Waals surface area (Å²) in [6.45, 7) is 0. The van der Waals surface area contributed by atoms with E-state index in [-0.39, 0.29) is 11.6 Å². The number of rotatable bonds is 4. The molecule has 1 heterocycles. The number of aliphatic hydroxyl groups is 2. The van der Waals surface area contributed by atoms with Gasteiger partial charge in [-0.3, -0.25) is 4.79 Å². The predicted molar refractivity (Wildman–Crippen MR) is 56.8 cm³/mol. The third-order valence-corrected chi connectivity index (χ3v) is 2.27. The van der Waals surface area contributed by atoms with Crippen LogP contribution in [0.5, 0.6) is 0 Å². The highest BCUT2D eigenvalue weighted by atomic mass is 35.5. The fourth-order valence-electron chi connectivity index (χ4n) is 1.19. The van der Waals surface area contributed by atoms with E-state index in [4.69, 9.17) is 11.6 Å². The number of ether oxygens (including phenoxy) is 1. The van der Waals surface area contributed by atoms with Crippen LogP contribution in [0.4, 0.5) is 0 Å². The molecule has 0 aromatic carbocycles. The van der Waals surface area contributed by atoms with Crippen molar-refractivity contribution in [2.75, 3.05) is 7.11 Å². The molecule has 2 N–H and O–H groups in total. The number of nitrogens with zero attached hydrogens (tertiary/aromatic N) is 1. The molecule has 16 heavy (non-hydrogen) atoms. The maximum Gasteiger partial charge on any atom is 0.308 e. The van der Waals surface area contributed by atoms with Gasteiger partial charge in [-0.25, -0.2) is 4.98 Å². The summed E-state index contributed by atoms with van der Waals surface area (Å²) in [6, 6.07) is 2.93. The summed E-state index contributed by atoms with van der Waals surface area (Å²) >= 11 is 5.63. The van der Waals surface area contributed by atoms with Crippen molar-refractivity contribution in [1.82, 2.24) is 4.98 Å². The molecule has 6 heteroatoms. The zero-order valence-electron chi connectivity index (χ0n) is 8.63. The molecule has 0 aliphatic carbocycles. The summed E-state index contributed by atoms with van der Waals surface area (Å²) in [5.41, 5.74) is 0.399. The second-order valence-electron chi connectivity index (χ2n) is 3.20. The third-order valence-electron chi connectivity index (χ3n) is 2.06. The Kier molecular flexibility index (Phi) is 4.67. The van der Waals surface area contributed by atoms with E-state index in [9.17, 15) is 15.0 Å². The SMILES string of the molecule is COC(=O)CC(O)C(O)c1ccnc(Cl)c1. The molecule has 0 saturated heterocycles. The number of carbonyl (C=O) groups excluding carboxylic acids is 1. The molecule has 0 aliphatic rings. The highest BCUT2D eigenvalue weighted by molar-refractivity contribution is 6.29. The van der Waals surface area contributed by atoms with Crippen molar-refractivity contribution in [3.8, 4) is 0 Å². The number of methoxy groups -OCH3 is 1. The van der Waals surface area contributed by atoms with E-state index in [0.717, 1.165) is 0 Å². The van der Waals surface area contributed by atoms with Crippen LogP contribution in [-0.4, -0.2) is 34.4 Å². The van der Waals surface area contributed by atoms with Crippen molar-refractivity contribution in [1.29, 1.82) is 0 Å². The number of pyridine rings is 1. The van der Waals surface area contributed by atoms with Gasteiger partial charge in [-0.2, -0.15) is 0 Å². The van der Waals surface area contributed by atoms with Gasteiger partial charge in [-0.1, -0.05) is 11.6 Å². The summed E-state index contributed by atoms with van der Waals surface area (Å²) < 4.78 is 4.38. The first kappa shape index (κ1) is 12.9. The number of hydrogen-bond donors (Lipinski definition) is 2. The lowest BCUT2D eigenvalue weighted by molar-refractivity contribution is -0.144. The molecule has 88 valence electrons. The van der Waals surface area contributed by atoms with Crippen LogP contribution in [0.25, 0.3) is 0 Å². The van der Waals surface area contributed by atoms with Crippen molar-refractivity contribution in [2.24, 2.45) is 0 Å². The van der Waals surface area contributed by atoms with Gasteiger partial charge in [0, 0.05) is 6.20 Å². The molecule has 0 amide bonds. The highest BCUT2D eigenvalue weighted by Crippen LogP contribution is 2.20. The molecule has 2 atom stereocenters. The molecule has 2 unspecified atom stereocenters. The van der Waals surface area contributed by atoms with E-state index >= 15 is 0 Å². The number of halogens is 1. The van der Waals surface area contributed by atoms with Crippen LogP contribution in [0.1, 0.15) is 18.1 Å². The largest absolute Gasteiger partial charge is 0.469 e.